The molecule has 1 aromatic rings. The first-order chi connectivity index (χ1) is 15.6. The van der Waals surface area contributed by atoms with Crippen molar-refractivity contribution >= 4 is 29.6 Å². The van der Waals surface area contributed by atoms with Gasteiger partial charge in [0.15, 0.2) is 0 Å². The third-order valence-electron chi connectivity index (χ3n) is 4.65. The zero-order valence-corrected chi connectivity index (χ0v) is 18.2. The number of aromatic nitrogens is 2. The van der Waals surface area contributed by atoms with Gasteiger partial charge in [0.1, 0.15) is 12.1 Å². The molecule has 0 saturated carbocycles. The maximum Gasteiger partial charge on any atom is 0.326 e. The monoisotopic (exact) mass is 468 g/mol. The van der Waals surface area contributed by atoms with E-state index in [1.165, 1.54) is 12.5 Å². The number of aromatic amines is 1. The molecule has 0 aliphatic carbocycles. The van der Waals surface area contributed by atoms with Crippen molar-refractivity contribution in [2.24, 2.45) is 17.2 Å². The molecule has 33 heavy (non-hydrogen) atoms. The number of hydrogen-bond acceptors (Lipinski definition) is 8. The van der Waals surface area contributed by atoms with Gasteiger partial charge in [-0.1, -0.05) is 0 Å². The number of carboxylic acids is 1. The van der Waals surface area contributed by atoms with E-state index < -0.39 is 54.3 Å². The van der Waals surface area contributed by atoms with Gasteiger partial charge in [0.05, 0.1) is 18.9 Å². The number of nitrogens with one attached hydrogen (secondary N) is 4. The Bertz CT molecular complexity index is 800. The molecule has 0 spiro atoms. The minimum atomic E-state index is -1.24. The number of hydrogen-bond donors (Lipinski definition) is 8. The number of unbranched alkanes of at least 4 members (excludes halogenated alkanes) is 1. The summed E-state index contributed by atoms with van der Waals surface area (Å²) in [6, 6.07) is -3.34. The maximum absolute atomic E-state index is 12.6. The molecule has 0 aliphatic heterocycles. The molecule has 0 radical (unpaired) electrons. The fraction of sp³-hybridized carbons (Fsp3) is 0.579. The summed E-state index contributed by atoms with van der Waals surface area (Å²) in [5.41, 5.74) is 16.9. The van der Waals surface area contributed by atoms with Crippen molar-refractivity contribution in [3.05, 3.63) is 18.2 Å². The van der Waals surface area contributed by atoms with Crippen molar-refractivity contribution in [2.75, 3.05) is 13.1 Å². The normalized spacial score (nSPS) is 13.4. The molecule has 184 valence electrons. The van der Waals surface area contributed by atoms with Gasteiger partial charge in [-0.05, 0) is 32.2 Å². The number of H-pyrrole nitrogens is 1. The molecule has 1 heterocycles. The van der Waals surface area contributed by atoms with Crippen LogP contribution in [-0.2, 0) is 30.4 Å². The standard InChI is InChI=1S/C19H32N8O6/c20-6-2-1-3-14(19(32)33)27-18(31)13(4-5-15(22)28)26-16(29)9-24-17(30)12(21)7-11-8-23-10-25-11/h8,10,12-14H,1-7,9,20-21H2,(H2,22,28)(H,23,25)(H,24,30)(H,26,29)(H,27,31)(H,32,33). The predicted molar refractivity (Wildman–Crippen MR) is 116 cm³/mol. The van der Waals surface area contributed by atoms with E-state index in [4.69, 9.17) is 17.2 Å². The zero-order chi connectivity index (χ0) is 24.8. The highest BCUT2D eigenvalue weighted by molar-refractivity contribution is 5.92. The van der Waals surface area contributed by atoms with Gasteiger partial charge >= 0.3 is 5.97 Å². The van der Waals surface area contributed by atoms with Gasteiger partial charge in [-0.3, -0.25) is 19.2 Å². The summed E-state index contributed by atoms with van der Waals surface area (Å²) in [7, 11) is 0. The molecule has 4 amide bonds. The van der Waals surface area contributed by atoms with Crippen molar-refractivity contribution < 1.29 is 29.1 Å². The van der Waals surface area contributed by atoms with Gasteiger partial charge < -0.3 is 43.2 Å². The molecular weight excluding hydrogens is 436 g/mol. The number of primary amides is 1. The molecule has 0 saturated heterocycles. The third kappa shape index (κ3) is 11.1. The number of aliphatic carboxylic acids is 1. The van der Waals surface area contributed by atoms with Gasteiger partial charge in [0.2, 0.25) is 23.6 Å². The highest BCUT2D eigenvalue weighted by Gasteiger charge is 2.27. The predicted octanol–water partition coefficient (Wildman–Crippen LogP) is -3.16. The third-order valence-corrected chi connectivity index (χ3v) is 4.65. The van der Waals surface area contributed by atoms with Crippen molar-refractivity contribution in [2.45, 2.75) is 56.7 Å². The molecular formula is C19H32N8O6. The van der Waals surface area contributed by atoms with Gasteiger partial charge in [-0.25, -0.2) is 9.78 Å². The minimum Gasteiger partial charge on any atom is -0.480 e. The largest absolute Gasteiger partial charge is 0.480 e. The number of amides is 4. The van der Waals surface area contributed by atoms with E-state index in [0.717, 1.165) is 0 Å². The summed E-state index contributed by atoms with van der Waals surface area (Å²) >= 11 is 0. The highest BCUT2D eigenvalue weighted by Crippen LogP contribution is 2.04. The Balaban J connectivity index is 2.64. The Morgan fingerprint density at radius 2 is 1.79 bits per heavy atom. The summed E-state index contributed by atoms with van der Waals surface area (Å²) in [6.45, 7) is -0.0937. The van der Waals surface area contributed by atoms with Crippen molar-refractivity contribution in [3.63, 3.8) is 0 Å². The zero-order valence-electron chi connectivity index (χ0n) is 18.2. The maximum atomic E-state index is 12.6. The molecule has 14 nitrogen and oxygen atoms in total. The van der Waals surface area contributed by atoms with Crippen LogP contribution in [0.25, 0.3) is 0 Å². The Morgan fingerprint density at radius 1 is 1.06 bits per heavy atom. The lowest BCUT2D eigenvalue weighted by molar-refractivity contribution is -0.142. The number of nitrogens with zero attached hydrogens (tertiary/aromatic N) is 1. The minimum absolute atomic E-state index is 0.144. The SMILES string of the molecule is NCCCCC(NC(=O)C(CCC(N)=O)NC(=O)CNC(=O)C(N)Cc1cnc[nH]1)C(=O)O. The van der Waals surface area contributed by atoms with Crippen LogP contribution in [0.15, 0.2) is 12.5 Å². The van der Waals surface area contributed by atoms with E-state index >= 15 is 0 Å². The fourth-order valence-corrected chi connectivity index (χ4v) is 2.85. The van der Waals surface area contributed by atoms with Crippen LogP contribution in [-0.4, -0.2) is 75.9 Å². The second-order valence-electron chi connectivity index (χ2n) is 7.41. The number of nitrogens with two attached hydrogens (primary N) is 3. The second-order valence-corrected chi connectivity index (χ2v) is 7.41. The van der Waals surface area contributed by atoms with Crippen LogP contribution >= 0.6 is 0 Å². The lowest BCUT2D eigenvalue weighted by Crippen LogP contribution is -2.54. The molecule has 3 unspecified atom stereocenters. The van der Waals surface area contributed by atoms with Gasteiger partial charge in [-0.15, -0.1) is 0 Å². The fourth-order valence-electron chi connectivity index (χ4n) is 2.85. The Kier molecular flexibility index (Phi) is 12.1. The number of carbonyl (C=O) groups excluding carboxylic acids is 4. The molecule has 1 rings (SSSR count). The van der Waals surface area contributed by atoms with Gasteiger partial charge in [0, 0.05) is 24.7 Å². The average molecular weight is 469 g/mol. The van der Waals surface area contributed by atoms with Crippen molar-refractivity contribution in [1.29, 1.82) is 0 Å². The summed E-state index contributed by atoms with van der Waals surface area (Å²) in [4.78, 5) is 66.1. The van der Waals surface area contributed by atoms with Crippen molar-refractivity contribution in [3.8, 4) is 0 Å². The summed E-state index contributed by atoms with van der Waals surface area (Å²) < 4.78 is 0. The molecule has 0 aromatic carbocycles. The summed E-state index contributed by atoms with van der Waals surface area (Å²) in [5, 5.41) is 16.4. The van der Waals surface area contributed by atoms with E-state index in [0.29, 0.717) is 25.1 Å². The quantitative estimate of drug-likeness (QED) is 0.114. The van der Waals surface area contributed by atoms with Crippen LogP contribution in [0.3, 0.4) is 0 Å². The Labute approximate surface area is 190 Å². The molecule has 1 aromatic heterocycles. The van der Waals surface area contributed by atoms with Crippen LogP contribution in [0.2, 0.25) is 0 Å². The summed E-state index contributed by atoms with van der Waals surface area (Å²) in [6.07, 6.45) is 4.00. The van der Waals surface area contributed by atoms with Crippen LogP contribution in [0.4, 0.5) is 0 Å². The molecule has 11 N–H and O–H groups in total. The van der Waals surface area contributed by atoms with Crippen LogP contribution in [0, 0.1) is 0 Å². The Morgan fingerprint density at radius 3 is 2.36 bits per heavy atom. The van der Waals surface area contributed by atoms with Crippen LogP contribution < -0.4 is 33.2 Å². The lowest BCUT2D eigenvalue weighted by atomic mass is 10.1. The number of carbonyl (C=O) groups is 5. The smallest absolute Gasteiger partial charge is 0.326 e. The van der Waals surface area contributed by atoms with Crippen molar-refractivity contribution in [1.82, 2.24) is 25.9 Å². The average Bonchev–Trinajstić information content (AvgIpc) is 3.26. The van der Waals surface area contributed by atoms with Crippen LogP contribution in [0.5, 0.6) is 0 Å². The Hall–Kier alpha value is -3.52. The molecule has 0 fully saturated rings. The number of imidazole rings is 1. The van der Waals surface area contributed by atoms with Gasteiger partial charge in [-0.2, -0.15) is 0 Å². The summed E-state index contributed by atoms with van der Waals surface area (Å²) in [5.74, 6) is -4.04. The van der Waals surface area contributed by atoms with E-state index in [2.05, 4.69) is 25.9 Å². The first kappa shape index (κ1) is 27.5. The van der Waals surface area contributed by atoms with E-state index in [1.807, 2.05) is 0 Å². The van der Waals surface area contributed by atoms with E-state index in [9.17, 15) is 29.1 Å². The van der Waals surface area contributed by atoms with Crippen LogP contribution in [0.1, 0.15) is 37.8 Å². The molecule has 0 aliphatic rings. The highest BCUT2D eigenvalue weighted by atomic mass is 16.4. The number of carboxylic acid groups (broad SMARTS) is 1. The van der Waals surface area contributed by atoms with E-state index in [-0.39, 0.29) is 25.7 Å². The lowest BCUT2D eigenvalue weighted by Gasteiger charge is -2.21. The first-order valence-electron chi connectivity index (χ1n) is 10.5. The van der Waals surface area contributed by atoms with E-state index in [1.54, 1.807) is 0 Å². The number of rotatable bonds is 16. The first-order valence-corrected chi connectivity index (χ1v) is 10.5. The second kappa shape index (κ2) is 14.5. The van der Waals surface area contributed by atoms with Gasteiger partial charge in [0.25, 0.3) is 0 Å². The topological polar surface area (TPSA) is 248 Å². The molecule has 3 atom stereocenters. The molecule has 14 heteroatoms. The molecule has 0 bridgehead atoms.